The van der Waals surface area contributed by atoms with Crippen molar-refractivity contribution in [3.05, 3.63) is 68.1 Å². The van der Waals surface area contributed by atoms with Crippen LogP contribution in [0, 0.1) is 0 Å². The molecular weight excluding hydrogens is 357 g/mol. The minimum Gasteiger partial charge on any atom is -0.306 e. The van der Waals surface area contributed by atoms with Crippen LogP contribution < -0.4 is 5.32 Å². The van der Waals surface area contributed by atoms with Gasteiger partial charge in [0.15, 0.2) is 0 Å². The van der Waals surface area contributed by atoms with Crippen molar-refractivity contribution in [1.29, 1.82) is 0 Å². The fourth-order valence-corrected chi connectivity index (χ4v) is 2.92. The summed E-state index contributed by atoms with van der Waals surface area (Å²) in [5, 5.41) is 5.02. The fraction of sp³-hybridized carbons (Fsp3) is 0.250. The van der Waals surface area contributed by atoms with Crippen molar-refractivity contribution in [2.75, 3.05) is 6.54 Å². The van der Waals surface area contributed by atoms with Crippen LogP contribution in [0.3, 0.4) is 0 Å². The highest BCUT2D eigenvalue weighted by atomic mass is 79.9. The van der Waals surface area contributed by atoms with E-state index in [4.69, 9.17) is 23.2 Å². The zero-order valence-corrected chi connectivity index (χ0v) is 14.3. The highest BCUT2D eigenvalue weighted by Crippen LogP contribution is 2.31. The van der Waals surface area contributed by atoms with Crippen molar-refractivity contribution in [3.8, 4) is 0 Å². The summed E-state index contributed by atoms with van der Waals surface area (Å²) in [5.41, 5.74) is 2.17. The Labute approximate surface area is 138 Å². The van der Waals surface area contributed by atoms with E-state index in [1.807, 2.05) is 30.3 Å². The van der Waals surface area contributed by atoms with E-state index in [0.717, 1.165) is 38.6 Å². The maximum atomic E-state index is 6.37. The van der Waals surface area contributed by atoms with Crippen LogP contribution in [0.2, 0.25) is 10.0 Å². The molecule has 0 saturated carbocycles. The molecule has 0 aromatic heterocycles. The molecular formula is C16H16BrCl2N. The molecule has 0 radical (unpaired) electrons. The molecule has 4 heteroatoms. The van der Waals surface area contributed by atoms with Crippen LogP contribution in [0.1, 0.15) is 30.5 Å². The molecule has 0 aliphatic heterocycles. The predicted octanol–water partition coefficient (Wildman–Crippen LogP) is 5.84. The molecule has 2 aromatic rings. The van der Waals surface area contributed by atoms with Gasteiger partial charge in [-0.1, -0.05) is 58.2 Å². The van der Waals surface area contributed by atoms with E-state index < -0.39 is 0 Å². The summed E-state index contributed by atoms with van der Waals surface area (Å²) in [4.78, 5) is 0. The van der Waals surface area contributed by atoms with Crippen LogP contribution in [-0.2, 0) is 0 Å². The third-order valence-electron chi connectivity index (χ3n) is 3.05. The molecule has 0 spiro atoms. The minimum atomic E-state index is 0.0404. The van der Waals surface area contributed by atoms with Crippen LogP contribution in [0.25, 0.3) is 0 Å². The van der Waals surface area contributed by atoms with E-state index in [-0.39, 0.29) is 6.04 Å². The Morgan fingerprint density at radius 1 is 1.15 bits per heavy atom. The van der Waals surface area contributed by atoms with Crippen molar-refractivity contribution in [1.82, 2.24) is 5.32 Å². The Hall–Kier alpha value is -0.540. The highest BCUT2D eigenvalue weighted by Gasteiger charge is 2.17. The van der Waals surface area contributed by atoms with Gasteiger partial charge in [-0.3, -0.25) is 0 Å². The minimum absolute atomic E-state index is 0.0404. The molecule has 1 N–H and O–H groups in total. The first-order valence-electron chi connectivity index (χ1n) is 6.55. The number of hydrogen-bond donors (Lipinski definition) is 1. The lowest BCUT2D eigenvalue weighted by molar-refractivity contribution is 0.598. The smallest absolute Gasteiger partial charge is 0.0592 e. The van der Waals surface area contributed by atoms with E-state index in [9.17, 15) is 0 Å². The molecule has 2 aromatic carbocycles. The normalized spacial score (nSPS) is 12.4. The third-order valence-corrected chi connectivity index (χ3v) is 4.12. The maximum Gasteiger partial charge on any atom is 0.0592 e. The average molecular weight is 373 g/mol. The van der Waals surface area contributed by atoms with Gasteiger partial charge in [0.1, 0.15) is 0 Å². The molecule has 2 rings (SSSR count). The fourth-order valence-electron chi connectivity index (χ4n) is 2.12. The van der Waals surface area contributed by atoms with Crippen LogP contribution >= 0.6 is 39.1 Å². The summed E-state index contributed by atoms with van der Waals surface area (Å²) in [7, 11) is 0. The number of nitrogens with one attached hydrogen (secondary N) is 1. The Morgan fingerprint density at radius 2 is 1.95 bits per heavy atom. The van der Waals surface area contributed by atoms with Gasteiger partial charge in [0.05, 0.1) is 6.04 Å². The summed E-state index contributed by atoms with van der Waals surface area (Å²) < 4.78 is 1.02. The van der Waals surface area contributed by atoms with Crippen molar-refractivity contribution < 1.29 is 0 Å². The van der Waals surface area contributed by atoms with E-state index in [1.165, 1.54) is 0 Å². The first kappa shape index (κ1) is 15.8. The van der Waals surface area contributed by atoms with Gasteiger partial charge in [-0.2, -0.15) is 0 Å². The van der Waals surface area contributed by atoms with Gasteiger partial charge in [-0.05, 0) is 54.4 Å². The monoisotopic (exact) mass is 371 g/mol. The quantitative estimate of drug-likeness (QED) is 0.694. The summed E-state index contributed by atoms with van der Waals surface area (Å²) in [6.07, 6.45) is 1.06. The van der Waals surface area contributed by atoms with E-state index in [2.05, 4.69) is 40.3 Å². The van der Waals surface area contributed by atoms with Gasteiger partial charge in [0.2, 0.25) is 0 Å². The van der Waals surface area contributed by atoms with Gasteiger partial charge >= 0.3 is 0 Å². The van der Waals surface area contributed by atoms with Crippen molar-refractivity contribution in [3.63, 3.8) is 0 Å². The van der Waals surface area contributed by atoms with E-state index in [1.54, 1.807) is 0 Å². The predicted molar refractivity (Wildman–Crippen MR) is 90.7 cm³/mol. The number of halogens is 3. The number of benzene rings is 2. The summed E-state index contributed by atoms with van der Waals surface area (Å²) in [6, 6.07) is 13.8. The molecule has 0 aliphatic rings. The largest absolute Gasteiger partial charge is 0.306 e. The molecule has 0 aliphatic carbocycles. The van der Waals surface area contributed by atoms with Gasteiger partial charge in [0, 0.05) is 14.5 Å². The van der Waals surface area contributed by atoms with Crippen LogP contribution in [0.4, 0.5) is 0 Å². The van der Waals surface area contributed by atoms with Crippen molar-refractivity contribution >= 4 is 39.1 Å². The molecule has 0 heterocycles. The standard InChI is InChI=1S/C16H16BrCl2N/c1-2-8-20-16(11-4-3-5-13(18)9-11)14-10-12(17)6-7-15(14)19/h3-7,9-10,16,20H,2,8H2,1H3. The molecule has 0 fully saturated rings. The first-order valence-corrected chi connectivity index (χ1v) is 8.10. The molecule has 1 unspecified atom stereocenters. The number of rotatable bonds is 5. The van der Waals surface area contributed by atoms with E-state index in [0.29, 0.717) is 0 Å². The van der Waals surface area contributed by atoms with Crippen LogP contribution in [0.15, 0.2) is 46.9 Å². The van der Waals surface area contributed by atoms with Crippen molar-refractivity contribution in [2.24, 2.45) is 0 Å². The lowest BCUT2D eigenvalue weighted by atomic mass is 9.98. The molecule has 0 saturated heterocycles. The van der Waals surface area contributed by atoms with Gasteiger partial charge in [-0.25, -0.2) is 0 Å². The van der Waals surface area contributed by atoms with Gasteiger partial charge < -0.3 is 5.32 Å². The molecule has 0 amide bonds. The summed E-state index contributed by atoms with van der Waals surface area (Å²) in [5.74, 6) is 0. The summed E-state index contributed by atoms with van der Waals surface area (Å²) >= 11 is 16.0. The lowest BCUT2D eigenvalue weighted by Gasteiger charge is -2.21. The molecule has 20 heavy (non-hydrogen) atoms. The van der Waals surface area contributed by atoms with Gasteiger partial charge in [0.25, 0.3) is 0 Å². The van der Waals surface area contributed by atoms with E-state index >= 15 is 0 Å². The first-order chi connectivity index (χ1) is 9.61. The van der Waals surface area contributed by atoms with Crippen LogP contribution in [0.5, 0.6) is 0 Å². The van der Waals surface area contributed by atoms with Crippen molar-refractivity contribution in [2.45, 2.75) is 19.4 Å². The molecule has 0 bridgehead atoms. The molecule has 1 atom stereocenters. The second-order valence-corrected chi connectivity index (χ2v) is 6.37. The Morgan fingerprint density at radius 3 is 2.65 bits per heavy atom. The lowest BCUT2D eigenvalue weighted by Crippen LogP contribution is -2.23. The topological polar surface area (TPSA) is 12.0 Å². The SMILES string of the molecule is CCCNC(c1cccc(Cl)c1)c1cc(Br)ccc1Cl. The van der Waals surface area contributed by atoms with Crippen LogP contribution in [-0.4, -0.2) is 6.54 Å². The highest BCUT2D eigenvalue weighted by molar-refractivity contribution is 9.10. The Balaban J connectivity index is 2.44. The summed E-state index contributed by atoms with van der Waals surface area (Å²) in [6.45, 7) is 3.06. The average Bonchev–Trinajstić information content (AvgIpc) is 2.43. The zero-order valence-electron chi connectivity index (χ0n) is 11.2. The Kier molecular flexibility index (Phi) is 5.91. The maximum absolute atomic E-state index is 6.37. The second kappa shape index (κ2) is 7.46. The molecule has 1 nitrogen and oxygen atoms in total. The Bertz CT molecular complexity index is 586. The second-order valence-electron chi connectivity index (χ2n) is 4.61. The zero-order chi connectivity index (χ0) is 14.5. The third kappa shape index (κ3) is 3.98. The number of hydrogen-bond acceptors (Lipinski definition) is 1. The molecule has 106 valence electrons. The van der Waals surface area contributed by atoms with Gasteiger partial charge in [-0.15, -0.1) is 0 Å².